The number of hydrogen-bond donors (Lipinski definition) is 2. The van der Waals surface area contributed by atoms with E-state index in [0.29, 0.717) is 31.6 Å². The lowest BCUT2D eigenvalue weighted by atomic mass is 9.96. The third-order valence-electron chi connectivity index (χ3n) is 4.44. The van der Waals surface area contributed by atoms with Gasteiger partial charge in [-0.15, -0.1) is 11.3 Å². The normalized spacial score (nSPS) is 21.1. The van der Waals surface area contributed by atoms with E-state index in [4.69, 9.17) is 4.74 Å². The Hall–Kier alpha value is -1.57. The Kier molecular flexibility index (Phi) is 5.66. The van der Waals surface area contributed by atoms with E-state index in [2.05, 4.69) is 10.3 Å². The van der Waals surface area contributed by atoms with E-state index in [0.717, 1.165) is 47.2 Å². The summed E-state index contributed by atoms with van der Waals surface area (Å²) >= 11 is 1.51. The molecule has 1 aromatic carbocycles. The van der Waals surface area contributed by atoms with E-state index in [1.54, 1.807) is 0 Å². The minimum atomic E-state index is -0.919. The van der Waals surface area contributed by atoms with Crippen LogP contribution in [-0.2, 0) is 12.0 Å². The van der Waals surface area contributed by atoms with Gasteiger partial charge in [-0.2, -0.15) is 0 Å². The second-order valence-corrected chi connectivity index (χ2v) is 7.42. The van der Waals surface area contributed by atoms with Crippen molar-refractivity contribution in [2.24, 2.45) is 0 Å². The first-order valence-corrected chi connectivity index (χ1v) is 9.27. The van der Waals surface area contributed by atoms with Gasteiger partial charge in [-0.25, -0.2) is 13.8 Å². The monoisotopic (exact) mass is 368 g/mol. The Labute approximate surface area is 149 Å². The smallest absolute Gasteiger partial charge is 0.162 e. The number of nitrogens with one attached hydrogen (secondary N) is 1. The third-order valence-corrected chi connectivity index (χ3v) is 5.85. The highest BCUT2D eigenvalue weighted by Gasteiger charge is 2.33. The van der Waals surface area contributed by atoms with Crippen LogP contribution < -0.4 is 10.1 Å². The summed E-state index contributed by atoms with van der Waals surface area (Å²) in [6.07, 6.45) is 2.89. The van der Waals surface area contributed by atoms with Crippen molar-refractivity contribution in [2.75, 3.05) is 19.7 Å². The van der Waals surface area contributed by atoms with Crippen LogP contribution in [0.1, 0.15) is 34.8 Å². The van der Waals surface area contributed by atoms with Gasteiger partial charge in [0.05, 0.1) is 12.3 Å². The average Bonchev–Trinajstić information content (AvgIpc) is 2.81. The van der Waals surface area contributed by atoms with Crippen molar-refractivity contribution in [3.8, 4) is 5.75 Å². The quantitative estimate of drug-likeness (QED) is 0.850. The summed E-state index contributed by atoms with van der Waals surface area (Å²) in [5, 5.41) is 15.0. The second kappa shape index (κ2) is 7.76. The van der Waals surface area contributed by atoms with Gasteiger partial charge in [-0.05, 0) is 51.4 Å². The summed E-state index contributed by atoms with van der Waals surface area (Å²) in [7, 11) is 0. The highest BCUT2D eigenvalue weighted by Crippen LogP contribution is 2.35. The second-order valence-electron chi connectivity index (χ2n) is 6.34. The molecule has 1 saturated heterocycles. The van der Waals surface area contributed by atoms with Gasteiger partial charge < -0.3 is 15.2 Å². The zero-order chi connectivity index (χ0) is 17.9. The zero-order valence-corrected chi connectivity index (χ0v) is 15.0. The molecule has 3 rings (SSSR count). The van der Waals surface area contributed by atoms with Crippen molar-refractivity contribution in [3.05, 3.63) is 45.4 Å². The molecule has 0 spiro atoms. The molecule has 0 unspecified atom stereocenters. The summed E-state index contributed by atoms with van der Waals surface area (Å²) in [5.41, 5.74) is 0.0255. The van der Waals surface area contributed by atoms with Gasteiger partial charge in [0, 0.05) is 17.4 Å². The highest BCUT2D eigenvalue weighted by atomic mass is 32.1. The number of halogens is 2. The molecule has 1 fully saturated rings. The van der Waals surface area contributed by atoms with E-state index in [1.165, 1.54) is 17.4 Å². The minimum absolute atomic E-state index is 0.301. The maximum Gasteiger partial charge on any atom is 0.162 e. The van der Waals surface area contributed by atoms with Gasteiger partial charge in [0.2, 0.25) is 0 Å². The van der Waals surface area contributed by atoms with E-state index in [1.807, 2.05) is 6.92 Å². The summed E-state index contributed by atoms with van der Waals surface area (Å²) < 4.78 is 31.6. The fraction of sp³-hybridized carbons (Fsp3) is 0.500. The van der Waals surface area contributed by atoms with Crippen molar-refractivity contribution in [1.29, 1.82) is 0 Å². The van der Waals surface area contributed by atoms with Crippen molar-refractivity contribution in [3.63, 3.8) is 0 Å². The number of aromatic nitrogens is 1. The van der Waals surface area contributed by atoms with Gasteiger partial charge >= 0.3 is 0 Å². The van der Waals surface area contributed by atoms with Crippen LogP contribution in [-0.4, -0.2) is 29.8 Å². The number of nitrogens with zero attached hydrogens (tertiary/aromatic N) is 1. The Morgan fingerprint density at radius 2 is 2.12 bits per heavy atom. The maximum absolute atomic E-state index is 13.2. The lowest BCUT2D eigenvalue weighted by molar-refractivity contribution is 0.0237. The average molecular weight is 368 g/mol. The highest BCUT2D eigenvalue weighted by molar-refractivity contribution is 7.11. The molecule has 0 amide bonds. The largest absolute Gasteiger partial charge is 0.493 e. The number of rotatable bonds is 5. The number of aliphatic hydroxyl groups is 1. The Balaban J connectivity index is 1.63. The molecular weight excluding hydrogens is 346 g/mol. The molecule has 7 heteroatoms. The molecule has 1 aliphatic heterocycles. The number of thiazole rings is 1. The Bertz CT molecular complexity index is 728. The molecule has 136 valence electrons. The summed E-state index contributed by atoms with van der Waals surface area (Å²) in [4.78, 5) is 5.62. The molecule has 0 bridgehead atoms. The summed E-state index contributed by atoms with van der Waals surface area (Å²) in [6, 6.07) is 3.50. The van der Waals surface area contributed by atoms with Crippen molar-refractivity contribution >= 4 is 11.3 Å². The molecule has 2 N–H and O–H groups in total. The van der Waals surface area contributed by atoms with E-state index in [-0.39, 0.29) is 0 Å². The number of ether oxygens (including phenoxy) is 1. The van der Waals surface area contributed by atoms with Gasteiger partial charge in [0.15, 0.2) is 11.6 Å². The lowest BCUT2D eigenvalue weighted by Crippen LogP contribution is -2.27. The van der Waals surface area contributed by atoms with Crippen molar-refractivity contribution in [2.45, 2.75) is 38.2 Å². The third kappa shape index (κ3) is 4.34. The molecule has 0 radical (unpaired) electrons. The standard InChI is InChI=1S/C18H22F2N2O2S/c1-12-16(5-10-24-13-3-4-14(19)15(20)11-13)25-17(22-12)18(23)6-2-8-21-9-7-18/h3-4,11,21,23H,2,5-10H2,1H3/t18-/m1/s1. The lowest BCUT2D eigenvalue weighted by Gasteiger charge is -2.23. The fourth-order valence-electron chi connectivity index (χ4n) is 2.95. The Morgan fingerprint density at radius 1 is 1.28 bits per heavy atom. The molecule has 1 aromatic heterocycles. The number of hydrogen-bond acceptors (Lipinski definition) is 5. The first-order valence-electron chi connectivity index (χ1n) is 8.46. The van der Waals surface area contributed by atoms with Gasteiger partial charge in [0.1, 0.15) is 16.4 Å². The maximum atomic E-state index is 13.2. The predicted octanol–water partition coefficient (Wildman–Crippen LogP) is 3.31. The van der Waals surface area contributed by atoms with Crippen LogP contribution in [0.15, 0.2) is 18.2 Å². The molecule has 0 saturated carbocycles. The fourth-order valence-corrected chi connectivity index (χ4v) is 4.14. The van der Waals surface area contributed by atoms with Crippen LogP contribution in [0.3, 0.4) is 0 Å². The van der Waals surface area contributed by atoms with E-state index in [9.17, 15) is 13.9 Å². The van der Waals surface area contributed by atoms with E-state index >= 15 is 0 Å². The van der Waals surface area contributed by atoms with Crippen LogP contribution in [0.2, 0.25) is 0 Å². The van der Waals surface area contributed by atoms with Gasteiger partial charge in [-0.1, -0.05) is 0 Å². The molecule has 2 aromatic rings. The molecular formula is C18H22F2N2O2S. The molecule has 2 heterocycles. The SMILES string of the molecule is Cc1nc([C@@]2(O)CCCNCC2)sc1CCOc1ccc(F)c(F)c1. The van der Waals surface area contributed by atoms with Crippen molar-refractivity contribution < 1.29 is 18.6 Å². The molecule has 4 nitrogen and oxygen atoms in total. The zero-order valence-electron chi connectivity index (χ0n) is 14.1. The summed E-state index contributed by atoms with van der Waals surface area (Å²) in [5.74, 6) is -1.51. The first-order chi connectivity index (χ1) is 12.0. The number of benzene rings is 1. The number of aryl methyl sites for hydroxylation is 1. The van der Waals surface area contributed by atoms with E-state index < -0.39 is 17.2 Å². The van der Waals surface area contributed by atoms with Crippen LogP contribution >= 0.6 is 11.3 Å². The molecule has 1 atom stereocenters. The predicted molar refractivity (Wildman–Crippen MR) is 93.0 cm³/mol. The van der Waals surface area contributed by atoms with Crippen LogP contribution in [0.25, 0.3) is 0 Å². The molecule has 25 heavy (non-hydrogen) atoms. The van der Waals surface area contributed by atoms with Crippen LogP contribution in [0, 0.1) is 18.6 Å². The minimum Gasteiger partial charge on any atom is -0.493 e. The van der Waals surface area contributed by atoms with Crippen molar-refractivity contribution in [1.82, 2.24) is 10.3 Å². The van der Waals surface area contributed by atoms with Gasteiger partial charge in [0.25, 0.3) is 0 Å². The molecule has 0 aliphatic carbocycles. The van der Waals surface area contributed by atoms with Gasteiger partial charge in [-0.3, -0.25) is 0 Å². The first kappa shape index (κ1) is 18.2. The molecule has 1 aliphatic rings. The summed E-state index contributed by atoms with van der Waals surface area (Å²) in [6.45, 7) is 3.96. The Morgan fingerprint density at radius 3 is 2.92 bits per heavy atom. The van der Waals surface area contributed by atoms with Crippen LogP contribution in [0.5, 0.6) is 5.75 Å². The topological polar surface area (TPSA) is 54.4 Å². The van der Waals surface area contributed by atoms with Crippen LogP contribution in [0.4, 0.5) is 8.78 Å².